The van der Waals surface area contributed by atoms with Crippen molar-refractivity contribution in [3.8, 4) is 10.7 Å². The molecular weight excluding hydrogens is 342 g/mol. The van der Waals surface area contributed by atoms with Gasteiger partial charge in [-0.3, -0.25) is 0 Å². The zero-order valence-electron chi connectivity index (χ0n) is 11.1. The first-order chi connectivity index (χ1) is 9.78. The third kappa shape index (κ3) is 2.95. The molecule has 2 unspecified atom stereocenters. The van der Waals surface area contributed by atoms with Gasteiger partial charge in [0.2, 0.25) is 11.7 Å². The van der Waals surface area contributed by atoms with Gasteiger partial charge in [0.1, 0.15) is 0 Å². The summed E-state index contributed by atoms with van der Waals surface area (Å²) in [7, 11) is 0. The average Bonchev–Trinajstić information content (AvgIpc) is 3.15. The zero-order chi connectivity index (χ0) is 13.9. The predicted octanol–water partition coefficient (Wildman–Crippen LogP) is 3.04. The van der Waals surface area contributed by atoms with Crippen molar-refractivity contribution >= 4 is 27.3 Å². The van der Waals surface area contributed by atoms with Gasteiger partial charge in [0.15, 0.2) is 0 Å². The molecule has 5 nitrogen and oxygen atoms in total. The Morgan fingerprint density at radius 2 is 2.35 bits per heavy atom. The molecule has 3 rings (SSSR count). The maximum atomic E-state index is 5.55. The molecule has 2 aromatic rings. The topological polar surface area (TPSA) is 60.2 Å². The second-order valence-corrected chi connectivity index (χ2v) is 7.23. The molecule has 0 spiro atoms. The van der Waals surface area contributed by atoms with Gasteiger partial charge in [-0.1, -0.05) is 12.1 Å². The fraction of sp³-hybridized carbons (Fsp3) is 0.538. The first-order valence-electron chi connectivity index (χ1n) is 6.68. The summed E-state index contributed by atoms with van der Waals surface area (Å²) >= 11 is 5.04. The molecule has 1 fully saturated rings. The van der Waals surface area contributed by atoms with Crippen molar-refractivity contribution in [2.24, 2.45) is 0 Å². The number of thiophene rings is 1. The Morgan fingerprint density at radius 1 is 1.45 bits per heavy atom. The lowest BCUT2D eigenvalue weighted by molar-refractivity contribution is 0.184. The predicted molar refractivity (Wildman–Crippen MR) is 81.0 cm³/mol. The third-order valence-electron chi connectivity index (χ3n) is 3.29. The summed E-state index contributed by atoms with van der Waals surface area (Å²) in [5.74, 6) is 1.46. The highest BCUT2D eigenvalue weighted by molar-refractivity contribution is 9.11. The van der Waals surface area contributed by atoms with Gasteiger partial charge in [-0.15, -0.1) is 11.3 Å². The number of hydrogen-bond acceptors (Lipinski definition) is 6. The summed E-state index contributed by atoms with van der Waals surface area (Å²) in [6.45, 7) is 4.46. The number of halogens is 1. The zero-order valence-corrected chi connectivity index (χ0v) is 13.5. The number of rotatable bonds is 5. The van der Waals surface area contributed by atoms with Gasteiger partial charge in [-0.25, -0.2) is 0 Å². The Bertz CT molecular complexity index is 571. The monoisotopic (exact) mass is 357 g/mol. The molecule has 0 aromatic carbocycles. The van der Waals surface area contributed by atoms with E-state index in [2.05, 4.69) is 38.3 Å². The van der Waals surface area contributed by atoms with E-state index in [-0.39, 0.29) is 12.0 Å². The van der Waals surface area contributed by atoms with Crippen molar-refractivity contribution in [3.05, 3.63) is 21.8 Å². The molecule has 7 heteroatoms. The van der Waals surface area contributed by atoms with E-state index in [9.17, 15) is 0 Å². The number of hydrogen-bond donors (Lipinski definition) is 1. The highest BCUT2D eigenvalue weighted by Gasteiger charge is 2.33. The van der Waals surface area contributed by atoms with E-state index in [0.717, 1.165) is 21.6 Å². The second-order valence-electron chi connectivity index (χ2n) is 4.76. The van der Waals surface area contributed by atoms with Crippen LogP contribution in [0.2, 0.25) is 0 Å². The van der Waals surface area contributed by atoms with E-state index < -0.39 is 0 Å². The maximum absolute atomic E-state index is 5.55. The van der Waals surface area contributed by atoms with Crippen LogP contribution in [-0.2, 0) is 4.74 Å². The summed E-state index contributed by atoms with van der Waals surface area (Å²) in [5.41, 5.74) is 0. The molecule has 0 aliphatic carbocycles. The van der Waals surface area contributed by atoms with Crippen LogP contribution in [0.4, 0.5) is 0 Å². The lowest BCUT2D eigenvalue weighted by atomic mass is 10.0. The quantitative estimate of drug-likeness (QED) is 0.890. The molecule has 2 aromatic heterocycles. The van der Waals surface area contributed by atoms with E-state index in [1.54, 1.807) is 11.3 Å². The first kappa shape index (κ1) is 14.2. The largest absolute Gasteiger partial charge is 0.379 e. The number of nitrogens with one attached hydrogen (secondary N) is 1. The van der Waals surface area contributed by atoms with Crippen molar-refractivity contribution in [3.63, 3.8) is 0 Å². The third-order valence-corrected chi connectivity index (χ3v) is 4.91. The van der Waals surface area contributed by atoms with Crippen LogP contribution in [0.15, 0.2) is 20.4 Å². The molecule has 1 saturated heterocycles. The molecule has 108 valence electrons. The minimum absolute atomic E-state index is 0.145. The van der Waals surface area contributed by atoms with Crippen LogP contribution in [-0.4, -0.2) is 35.9 Å². The van der Waals surface area contributed by atoms with Gasteiger partial charge in [-0.2, -0.15) is 4.98 Å². The summed E-state index contributed by atoms with van der Waals surface area (Å²) < 4.78 is 12.0. The van der Waals surface area contributed by atoms with Crippen LogP contribution in [0.5, 0.6) is 0 Å². The smallest absolute Gasteiger partial charge is 0.234 e. The maximum Gasteiger partial charge on any atom is 0.234 e. The lowest BCUT2D eigenvalue weighted by Gasteiger charge is -2.14. The molecule has 0 bridgehead atoms. The van der Waals surface area contributed by atoms with Gasteiger partial charge in [0.05, 0.1) is 27.8 Å². The highest BCUT2D eigenvalue weighted by Crippen LogP contribution is 2.31. The summed E-state index contributed by atoms with van der Waals surface area (Å²) in [6, 6.07) is 4.24. The SMILES string of the molecule is CCCNC1COCC1c1nc(-c2ccc(Br)s2)no1. The van der Waals surface area contributed by atoms with Crippen molar-refractivity contribution in [2.45, 2.75) is 25.3 Å². The highest BCUT2D eigenvalue weighted by atomic mass is 79.9. The molecule has 1 aliphatic rings. The lowest BCUT2D eigenvalue weighted by Crippen LogP contribution is -2.34. The minimum Gasteiger partial charge on any atom is -0.379 e. The molecular formula is C13H16BrN3O2S. The Hall–Kier alpha value is -0.760. The summed E-state index contributed by atoms with van der Waals surface area (Å²) in [5, 5.41) is 7.55. The Balaban J connectivity index is 1.75. The molecule has 2 atom stereocenters. The molecule has 20 heavy (non-hydrogen) atoms. The van der Waals surface area contributed by atoms with E-state index >= 15 is 0 Å². The van der Waals surface area contributed by atoms with Gasteiger partial charge >= 0.3 is 0 Å². The fourth-order valence-corrected chi connectivity index (χ4v) is 3.56. The van der Waals surface area contributed by atoms with Crippen LogP contribution in [0.1, 0.15) is 25.2 Å². The average molecular weight is 358 g/mol. The Morgan fingerprint density at radius 3 is 3.10 bits per heavy atom. The number of ether oxygens (including phenoxy) is 1. The normalized spacial score (nSPS) is 22.5. The van der Waals surface area contributed by atoms with Gasteiger partial charge in [-0.05, 0) is 41.0 Å². The van der Waals surface area contributed by atoms with E-state index in [1.807, 2.05) is 12.1 Å². The molecule has 0 radical (unpaired) electrons. The van der Waals surface area contributed by atoms with Gasteiger partial charge < -0.3 is 14.6 Å². The number of aromatic nitrogens is 2. The fourth-order valence-electron chi connectivity index (χ4n) is 2.25. The first-order valence-corrected chi connectivity index (χ1v) is 8.29. The van der Waals surface area contributed by atoms with E-state index in [4.69, 9.17) is 9.26 Å². The van der Waals surface area contributed by atoms with Crippen molar-refractivity contribution in [2.75, 3.05) is 19.8 Å². The van der Waals surface area contributed by atoms with E-state index in [1.165, 1.54) is 0 Å². The minimum atomic E-state index is 0.145. The van der Waals surface area contributed by atoms with Gasteiger partial charge in [0, 0.05) is 6.04 Å². The van der Waals surface area contributed by atoms with Gasteiger partial charge in [0.25, 0.3) is 0 Å². The number of nitrogens with zero attached hydrogens (tertiary/aromatic N) is 2. The van der Waals surface area contributed by atoms with Crippen molar-refractivity contribution in [1.29, 1.82) is 0 Å². The van der Waals surface area contributed by atoms with Crippen LogP contribution in [0.25, 0.3) is 10.7 Å². The Labute approximate surface area is 129 Å². The molecule has 1 aliphatic heterocycles. The van der Waals surface area contributed by atoms with Crippen molar-refractivity contribution in [1.82, 2.24) is 15.5 Å². The van der Waals surface area contributed by atoms with E-state index in [0.29, 0.717) is 24.9 Å². The Kier molecular flexibility index (Phi) is 4.50. The second kappa shape index (κ2) is 6.34. The standard InChI is InChI=1S/C13H16BrN3O2S/c1-2-5-15-9-7-18-6-8(9)13-16-12(17-19-13)10-3-4-11(14)20-10/h3-4,8-9,15H,2,5-7H2,1H3. The van der Waals surface area contributed by atoms with Crippen LogP contribution in [0, 0.1) is 0 Å². The molecule has 3 heterocycles. The van der Waals surface area contributed by atoms with Crippen LogP contribution < -0.4 is 5.32 Å². The molecule has 1 N–H and O–H groups in total. The summed E-state index contributed by atoms with van der Waals surface area (Å²) in [6.07, 6.45) is 1.10. The summed E-state index contributed by atoms with van der Waals surface area (Å²) in [4.78, 5) is 5.53. The van der Waals surface area contributed by atoms with Crippen molar-refractivity contribution < 1.29 is 9.26 Å². The van der Waals surface area contributed by atoms with Crippen LogP contribution in [0.3, 0.4) is 0 Å². The molecule has 0 saturated carbocycles. The molecule has 0 amide bonds. The van der Waals surface area contributed by atoms with Crippen LogP contribution >= 0.6 is 27.3 Å².